The van der Waals surface area contributed by atoms with Gasteiger partial charge in [0.05, 0.1) is 26.9 Å². The van der Waals surface area contributed by atoms with Crippen LogP contribution < -0.4 is 0 Å². The van der Waals surface area contributed by atoms with E-state index in [-0.39, 0.29) is 32.7 Å². The number of carbonyl (C=O) groups excluding carboxylic acids is 1. The summed E-state index contributed by atoms with van der Waals surface area (Å²) >= 11 is 0. The Morgan fingerprint density at radius 3 is 1.71 bits per heavy atom. The summed E-state index contributed by atoms with van der Waals surface area (Å²) in [6.07, 6.45) is 0.411. The van der Waals surface area contributed by atoms with Crippen LogP contribution in [0.4, 0.5) is 0 Å². The largest absolute Gasteiger partial charge is 0.475 e. The van der Waals surface area contributed by atoms with E-state index in [9.17, 15) is 9.36 Å². The molecule has 9 heteroatoms. The van der Waals surface area contributed by atoms with E-state index in [0.29, 0.717) is 0 Å². The van der Waals surface area contributed by atoms with E-state index in [1.54, 1.807) is 0 Å². The Kier molecular flexibility index (Phi) is 10.3. The Balaban J connectivity index is 1.98. The smallest absolute Gasteiger partial charge is 0.465 e. The van der Waals surface area contributed by atoms with Gasteiger partial charge in [-0.3, -0.25) is 13.6 Å². The highest BCUT2D eigenvalue weighted by Crippen LogP contribution is 2.51. The van der Waals surface area contributed by atoms with E-state index in [4.69, 9.17) is 27.8 Å². The molecule has 0 saturated heterocycles. The molecule has 0 bridgehead atoms. The molecule has 0 heterocycles. The molecular weight excluding hydrogens is 423 g/mol. The third-order valence-corrected chi connectivity index (χ3v) is 5.91. The Hall–Kier alpha value is -2.06. The van der Waals surface area contributed by atoms with Gasteiger partial charge in [0.1, 0.15) is 0 Å². The zero-order valence-corrected chi connectivity index (χ0v) is 18.9. The lowest BCUT2D eigenvalue weighted by Crippen LogP contribution is -2.43. The van der Waals surface area contributed by atoms with Crippen molar-refractivity contribution < 1.29 is 37.1 Å². The number of rotatable bonds is 14. The standard InChI is InChI=1S/C22H29O8P/c1-25-21(23)22(26-2,27-3)15-10-16-28-31(24,29-17-19-11-6-4-7-12-19)30-18-20-13-8-5-9-14-20/h4-9,11-14H,10,15-18H2,1-3H3. The Labute approximate surface area is 183 Å². The maximum atomic E-state index is 13.2. The van der Waals surface area contributed by atoms with Gasteiger partial charge in [0.15, 0.2) is 0 Å². The van der Waals surface area contributed by atoms with Crippen molar-refractivity contribution in [1.82, 2.24) is 0 Å². The van der Waals surface area contributed by atoms with Gasteiger partial charge in [-0.1, -0.05) is 60.7 Å². The summed E-state index contributed by atoms with van der Waals surface area (Å²) in [6, 6.07) is 18.6. The fourth-order valence-corrected chi connectivity index (χ4v) is 3.95. The predicted octanol–water partition coefficient (Wildman–Crippen LogP) is 4.49. The number of methoxy groups -OCH3 is 3. The van der Waals surface area contributed by atoms with Crippen LogP contribution in [0.15, 0.2) is 60.7 Å². The van der Waals surface area contributed by atoms with Crippen molar-refractivity contribution in [2.45, 2.75) is 31.8 Å². The molecule has 2 aromatic rings. The molecule has 31 heavy (non-hydrogen) atoms. The normalized spacial score (nSPS) is 12.0. The Morgan fingerprint density at radius 2 is 1.29 bits per heavy atom. The maximum Gasteiger partial charge on any atom is 0.475 e. The fourth-order valence-electron chi connectivity index (χ4n) is 2.76. The highest BCUT2D eigenvalue weighted by atomic mass is 31.2. The van der Waals surface area contributed by atoms with Crippen LogP contribution in [0.5, 0.6) is 0 Å². The molecule has 0 radical (unpaired) electrons. The number of carbonyl (C=O) groups is 1. The molecule has 170 valence electrons. The molecule has 0 aliphatic carbocycles. The zero-order chi connectivity index (χ0) is 22.6. The van der Waals surface area contributed by atoms with Crippen LogP contribution in [-0.4, -0.2) is 39.7 Å². The maximum absolute atomic E-state index is 13.2. The highest BCUT2D eigenvalue weighted by Gasteiger charge is 2.40. The first-order valence-corrected chi connectivity index (χ1v) is 11.2. The molecule has 2 rings (SSSR count). The third kappa shape index (κ3) is 7.85. The van der Waals surface area contributed by atoms with E-state index in [2.05, 4.69) is 0 Å². The van der Waals surface area contributed by atoms with Crippen molar-refractivity contribution in [2.75, 3.05) is 27.9 Å². The summed E-state index contributed by atoms with van der Waals surface area (Å²) in [4.78, 5) is 12.0. The summed E-state index contributed by atoms with van der Waals surface area (Å²) in [6.45, 7) is 0.122. The molecule has 0 atom stereocenters. The monoisotopic (exact) mass is 452 g/mol. The fraction of sp³-hybridized carbons (Fsp3) is 0.409. The SMILES string of the molecule is COC(=O)C(CCCOP(=O)(OCc1ccccc1)OCc1ccccc1)(OC)OC. The molecule has 0 unspecified atom stereocenters. The third-order valence-electron chi connectivity index (χ3n) is 4.52. The van der Waals surface area contributed by atoms with Crippen LogP contribution in [0.1, 0.15) is 24.0 Å². The molecule has 0 amide bonds. The molecule has 0 aromatic heterocycles. The Bertz CT molecular complexity index is 776. The molecule has 0 N–H and O–H groups in total. The van der Waals surface area contributed by atoms with Crippen LogP contribution in [0, 0.1) is 0 Å². The summed E-state index contributed by atoms with van der Waals surface area (Å²) < 4.78 is 44.9. The summed E-state index contributed by atoms with van der Waals surface area (Å²) in [7, 11) is 0.0578. The predicted molar refractivity (Wildman–Crippen MR) is 114 cm³/mol. The number of phosphoric acid groups is 1. The van der Waals surface area contributed by atoms with Gasteiger partial charge in [-0.15, -0.1) is 0 Å². The summed E-state index contributed by atoms with van der Waals surface area (Å²) in [5.74, 6) is -2.22. The van der Waals surface area contributed by atoms with Crippen LogP contribution in [0.2, 0.25) is 0 Å². The molecule has 0 aliphatic rings. The average molecular weight is 452 g/mol. The van der Waals surface area contributed by atoms with E-state index < -0.39 is 19.6 Å². The van der Waals surface area contributed by atoms with Gasteiger partial charge in [0.25, 0.3) is 5.79 Å². The van der Waals surface area contributed by atoms with Crippen LogP contribution in [0.25, 0.3) is 0 Å². The summed E-state index contributed by atoms with van der Waals surface area (Å²) in [5.41, 5.74) is 1.66. The zero-order valence-electron chi connectivity index (χ0n) is 18.0. The molecule has 2 aromatic carbocycles. The van der Waals surface area contributed by atoms with Gasteiger partial charge in [0.2, 0.25) is 0 Å². The van der Waals surface area contributed by atoms with Crippen molar-refractivity contribution in [3.05, 3.63) is 71.8 Å². The van der Waals surface area contributed by atoms with Crippen LogP contribution in [0.3, 0.4) is 0 Å². The first kappa shape index (κ1) is 25.2. The van der Waals surface area contributed by atoms with Crippen molar-refractivity contribution in [3.63, 3.8) is 0 Å². The number of hydrogen-bond donors (Lipinski definition) is 0. The van der Waals surface area contributed by atoms with E-state index >= 15 is 0 Å². The molecule has 0 saturated carbocycles. The number of ether oxygens (including phenoxy) is 3. The minimum absolute atomic E-state index is 0.00762. The number of esters is 1. The molecule has 8 nitrogen and oxygen atoms in total. The quantitative estimate of drug-likeness (QED) is 0.179. The van der Waals surface area contributed by atoms with Crippen LogP contribution in [-0.2, 0) is 50.4 Å². The first-order valence-electron chi connectivity index (χ1n) is 9.77. The van der Waals surface area contributed by atoms with Crippen LogP contribution >= 0.6 is 7.82 Å². The van der Waals surface area contributed by atoms with Gasteiger partial charge < -0.3 is 14.2 Å². The van der Waals surface area contributed by atoms with Crippen molar-refractivity contribution in [1.29, 1.82) is 0 Å². The topological polar surface area (TPSA) is 89.5 Å². The van der Waals surface area contributed by atoms with Gasteiger partial charge in [-0.05, 0) is 17.5 Å². The molecule has 0 spiro atoms. The van der Waals surface area contributed by atoms with Crippen molar-refractivity contribution >= 4 is 13.8 Å². The van der Waals surface area contributed by atoms with Crippen molar-refractivity contribution in [3.8, 4) is 0 Å². The van der Waals surface area contributed by atoms with Gasteiger partial charge in [-0.25, -0.2) is 9.36 Å². The second-order valence-electron chi connectivity index (χ2n) is 6.55. The number of benzene rings is 2. The second kappa shape index (κ2) is 12.7. The summed E-state index contributed by atoms with van der Waals surface area (Å²) in [5, 5.41) is 0. The lowest BCUT2D eigenvalue weighted by atomic mass is 10.1. The second-order valence-corrected chi connectivity index (χ2v) is 8.22. The van der Waals surface area contributed by atoms with E-state index in [0.717, 1.165) is 11.1 Å². The lowest BCUT2D eigenvalue weighted by Gasteiger charge is -2.27. The molecular formula is C22H29O8P. The van der Waals surface area contributed by atoms with Gasteiger partial charge in [-0.2, -0.15) is 0 Å². The van der Waals surface area contributed by atoms with E-state index in [1.807, 2.05) is 60.7 Å². The number of phosphoric ester groups is 1. The highest BCUT2D eigenvalue weighted by molar-refractivity contribution is 7.48. The Morgan fingerprint density at radius 1 is 0.806 bits per heavy atom. The average Bonchev–Trinajstić information content (AvgIpc) is 2.83. The molecule has 0 aliphatic heterocycles. The first-order chi connectivity index (χ1) is 15.0. The van der Waals surface area contributed by atoms with Gasteiger partial charge in [0, 0.05) is 20.6 Å². The minimum Gasteiger partial charge on any atom is -0.465 e. The minimum atomic E-state index is -3.88. The van der Waals surface area contributed by atoms with Gasteiger partial charge >= 0.3 is 13.8 Å². The number of hydrogen-bond acceptors (Lipinski definition) is 8. The lowest BCUT2D eigenvalue weighted by molar-refractivity contribution is -0.230. The molecule has 0 fully saturated rings. The van der Waals surface area contributed by atoms with E-state index in [1.165, 1.54) is 21.3 Å². The van der Waals surface area contributed by atoms with Crippen molar-refractivity contribution in [2.24, 2.45) is 0 Å².